The highest BCUT2D eigenvalue weighted by Crippen LogP contribution is 2.30. The first-order valence-electron chi connectivity index (χ1n) is 5.75. The maximum absolute atomic E-state index is 10.3. The van der Waals surface area contributed by atoms with Crippen LogP contribution in [0.25, 0.3) is 0 Å². The van der Waals surface area contributed by atoms with E-state index in [4.69, 9.17) is 5.73 Å². The van der Waals surface area contributed by atoms with Crippen LogP contribution >= 0.6 is 15.9 Å². The minimum atomic E-state index is -0.456. The van der Waals surface area contributed by atoms with Gasteiger partial charge in [-0.15, -0.1) is 0 Å². The summed E-state index contributed by atoms with van der Waals surface area (Å²) in [5.74, 6) is 0.151. The van der Waals surface area contributed by atoms with Gasteiger partial charge >= 0.3 is 0 Å². The Hall–Kier alpha value is -0.380. The highest BCUT2D eigenvalue weighted by atomic mass is 79.9. The number of hydrogen-bond donors (Lipinski definition) is 2. The Labute approximate surface area is 106 Å². The Bertz CT molecular complexity index is 341. The van der Waals surface area contributed by atoms with Gasteiger partial charge in [0.25, 0.3) is 0 Å². The van der Waals surface area contributed by atoms with Crippen molar-refractivity contribution in [3.8, 4) is 0 Å². The van der Waals surface area contributed by atoms with Gasteiger partial charge in [0.15, 0.2) is 0 Å². The monoisotopic (exact) mass is 285 g/mol. The van der Waals surface area contributed by atoms with Crippen molar-refractivity contribution in [2.75, 3.05) is 6.54 Å². The fraction of sp³-hybridized carbons (Fsp3) is 0.538. The molecule has 0 saturated carbocycles. The van der Waals surface area contributed by atoms with Gasteiger partial charge in [-0.3, -0.25) is 0 Å². The number of hydrogen-bond acceptors (Lipinski definition) is 2. The molecule has 3 N–H and O–H groups in total. The molecule has 0 aromatic heterocycles. The average molecular weight is 286 g/mol. The van der Waals surface area contributed by atoms with Gasteiger partial charge in [-0.25, -0.2) is 0 Å². The second-order valence-corrected chi connectivity index (χ2v) is 5.04. The normalized spacial score (nSPS) is 14.8. The molecule has 0 aliphatic rings. The summed E-state index contributed by atoms with van der Waals surface area (Å²) < 4.78 is 1.04. The lowest BCUT2D eigenvalue weighted by Gasteiger charge is -2.23. The van der Waals surface area contributed by atoms with E-state index < -0.39 is 6.10 Å². The Balaban J connectivity index is 2.94. The predicted octanol–water partition coefficient (Wildman–Crippen LogP) is 3.17. The van der Waals surface area contributed by atoms with Crippen LogP contribution in [-0.2, 0) is 0 Å². The molecule has 16 heavy (non-hydrogen) atoms. The molecular formula is C13H20BrNO. The summed E-state index contributed by atoms with van der Waals surface area (Å²) in [7, 11) is 0. The smallest absolute Gasteiger partial charge is 0.0833 e. The molecule has 0 saturated heterocycles. The van der Waals surface area contributed by atoms with E-state index in [0.717, 1.165) is 28.4 Å². The summed E-state index contributed by atoms with van der Waals surface area (Å²) in [6.07, 6.45) is 1.55. The number of aliphatic hydroxyl groups is 1. The van der Waals surface area contributed by atoms with Crippen molar-refractivity contribution in [2.24, 2.45) is 11.7 Å². The maximum Gasteiger partial charge on any atom is 0.0833 e. The zero-order valence-corrected chi connectivity index (χ0v) is 11.5. The van der Waals surface area contributed by atoms with Gasteiger partial charge in [0.1, 0.15) is 0 Å². The van der Waals surface area contributed by atoms with Crippen LogP contribution in [0.1, 0.15) is 37.0 Å². The molecule has 0 aliphatic carbocycles. The third-order valence-corrected chi connectivity index (χ3v) is 3.90. The highest BCUT2D eigenvalue weighted by Gasteiger charge is 2.20. The third-order valence-electron chi connectivity index (χ3n) is 3.04. The highest BCUT2D eigenvalue weighted by molar-refractivity contribution is 9.10. The fourth-order valence-electron chi connectivity index (χ4n) is 1.97. The first-order chi connectivity index (χ1) is 7.61. The quantitative estimate of drug-likeness (QED) is 0.873. The van der Waals surface area contributed by atoms with Crippen molar-refractivity contribution in [1.82, 2.24) is 0 Å². The van der Waals surface area contributed by atoms with Crippen molar-refractivity contribution in [3.05, 3.63) is 33.8 Å². The molecule has 1 aromatic rings. The summed E-state index contributed by atoms with van der Waals surface area (Å²) in [5.41, 5.74) is 7.80. The van der Waals surface area contributed by atoms with Gasteiger partial charge in [0.05, 0.1) is 6.10 Å². The van der Waals surface area contributed by atoms with Gasteiger partial charge < -0.3 is 10.8 Å². The molecule has 0 spiro atoms. The Morgan fingerprint density at radius 1 is 1.44 bits per heavy atom. The zero-order chi connectivity index (χ0) is 12.1. The summed E-state index contributed by atoms with van der Waals surface area (Å²) >= 11 is 3.48. The van der Waals surface area contributed by atoms with Crippen molar-refractivity contribution in [3.63, 3.8) is 0 Å². The molecule has 0 bridgehead atoms. The summed E-state index contributed by atoms with van der Waals surface area (Å²) in [6.45, 7) is 4.66. The van der Waals surface area contributed by atoms with Gasteiger partial charge in [0.2, 0.25) is 0 Å². The molecule has 1 aromatic carbocycles. The lowest BCUT2D eigenvalue weighted by molar-refractivity contribution is 0.106. The standard InChI is InChI=1S/C13H20BrNO/c1-3-5-10(8-15)13(16)11-6-4-7-12(14)9(11)2/h4,6-7,10,13,16H,3,5,8,15H2,1-2H3. The number of benzene rings is 1. The minimum absolute atomic E-state index is 0.151. The number of rotatable bonds is 5. The van der Waals surface area contributed by atoms with Crippen LogP contribution in [0.2, 0.25) is 0 Å². The topological polar surface area (TPSA) is 46.2 Å². The van der Waals surface area contributed by atoms with E-state index in [1.54, 1.807) is 0 Å². The van der Waals surface area contributed by atoms with E-state index >= 15 is 0 Å². The molecular weight excluding hydrogens is 266 g/mol. The van der Waals surface area contributed by atoms with E-state index in [9.17, 15) is 5.11 Å². The second kappa shape index (κ2) is 6.38. The summed E-state index contributed by atoms with van der Waals surface area (Å²) in [6, 6.07) is 5.92. The van der Waals surface area contributed by atoms with Crippen LogP contribution in [0.5, 0.6) is 0 Å². The second-order valence-electron chi connectivity index (χ2n) is 4.18. The molecule has 1 rings (SSSR count). The zero-order valence-electron chi connectivity index (χ0n) is 9.91. The molecule has 2 atom stereocenters. The SMILES string of the molecule is CCCC(CN)C(O)c1cccc(Br)c1C. The van der Waals surface area contributed by atoms with Gasteiger partial charge in [-0.05, 0) is 37.1 Å². The maximum atomic E-state index is 10.3. The third kappa shape index (κ3) is 3.06. The molecule has 0 fully saturated rings. The molecule has 2 unspecified atom stereocenters. The molecule has 0 heterocycles. The van der Waals surface area contributed by atoms with Crippen molar-refractivity contribution in [1.29, 1.82) is 0 Å². The Morgan fingerprint density at radius 3 is 2.69 bits per heavy atom. The molecule has 2 nitrogen and oxygen atoms in total. The van der Waals surface area contributed by atoms with Crippen LogP contribution in [0.15, 0.2) is 22.7 Å². The van der Waals surface area contributed by atoms with Crippen molar-refractivity contribution >= 4 is 15.9 Å². The Morgan fingerprint density at radius 2 is 2.12 bits per heavy atom. The Kier molecular flexibility index (Phi) is 5.46. The lowest BCUT2D eigenvalue weighted by Crippen LogP contribution is -2.22. The van der Waals surface area contributed by atoms with Crippen LogP contribution in [0.4, 0.5) is 0 Å². The predicted molar refractivity (Wildman–Crippen MR) is 71.3 cm³/mol. The lowest BCUT2D eigenvalue weighted by atomic mass is 9.90. The average Bonchev–Trinajstić information content (AvgIpc) is 2.29. The number of aliphatic hydroxyl groups excluding tert-OH is 1. The van der Waals surface area contributed by atoms with Gasteiger partial charge in [-0.2, -0.15) is 0 Å². The van der Waals surface area contributed by atoms with E-state index in [2.05, 4.69) is 22.9 Å². The van der Waals surface area contributed by atoms with Gasteiger partial charge in [-0.1, -0.05) is 41.4 Å². The number of nitrogens with two attached hydrogens (primary N) is 1. The fourth-order valence-corrected chi connectivity index (χ4v) is 2.36. The van der Waals surface area contributed by atoms with Crippen LogP contribution in [-0.4, -0.2) is 11.7 Å². The van der Waals surface area contributed by atoms with E-state index in [1.165, 1.54) is 0 Å². The van der Waals surface area contributed by atoms with Crippen molar-refractivity contribution < 1.29 is 5.11 Å². The molecule has 0 amide bonds. The van der Waals surface area contributed by atoms with Crippen molar-refractivity contribution in [2.45, 2.75) is 32.8 Å². The molecule has 0 radical (unpaired) electrons. The summed E-state index contributed by atoms with van der Waals surface area (Å²) in [4.78, 5) is 0. The molecule has 90 valence electrons. The minimum Gasteiger partial charge on any atom is -0.388 e. The first kappa shape index (κ1) is 13.7. The van der Waals surface area contributed by atoms with E-state index in [-0.39, 0.29) is 5.92 Å². The summed E-state index contributed by atoms with van der Waals surface area (Å²) in [5, 5.41) is 10.3. The van der Waals surface area contributed by atoms with Crippen LogP contribution in [0.3, 0.4) is 0 Å². The van der Waals surface area contributed by atoms with Gasteiger partial charge in [0, 0.05) is 10.4 Å². The molecule has 0 aliphatic heterocycles. The van der Waals surface area contributed by atoms with Crippen LogP contribution in [0, 0.1) is 12.8 Å². The first-order valence-corrected chi connectivity index (χ1v) is 6.54. The largest absolute Gasteiger partial charge is 0.388 e. The van der Waals surface area contributed by atoms with E-state index in [1.807, 2.05) is 25.1 Å². The van der Waals surface area contributed by atoms with Crippen LogP contribution < -0.4 is 5.73 Å². The molecule has 3 heteroatoms. The van der Waals surface area contributed by atoms with E-state index in [0.29, 0.717) is 6.54 Å². The number of halogens is 1.